The van der Waals surface area contributed by atoms with Gasteiger partial charge in [0.05, 0.1) is 25.3 Å². The fourth-order valence-corrected chi connectivity index (χ4v) is 4.06. The molecule has 0 atom stereocenters. The molecule has 1 fully saturated rings. The Kier molecular flexibility index (Phi) is 6.53. The lowest BCUT2D eigenvalue weighted by Crippen LogP contribution is -2.48. The number of carbonyl (C=O) groups is 2. The lowest BCUT2D eigenvalue weighted by molar-refractivity contribution is -0.142. The summed E-state index contributed by atoms with van der Waals surface area (Å²) in [5, 5.41) is 8.08. The summed E-state index contributed by atoms with van der Waals surface area (Å²) in [4.78, 5) is 36.6. The molecule has 26 heavy (non-hydrogen) atoms. The second kappa shape index (κ2) is 9.06. The van der Waals surface area contributed by atoms with Crippen LogP contribution in [0.3, 0.4) is 0 Å². The lowest BCUT2D eigenvalue weighted by atomic mass is 10.3. The number of carbonyl (C=O) groups excluding carboxylic acids is 2. The van der Waals surface area contributed by atoms with Gasteiger partial charge in [0.25, 0.3) is 0 Å². The number of hydrogen-bond donors (Lipinski definition) is 1. The van der Waals surface area contributed by atoms with Gasteiger partial charge < -0.3 is 15.0 Å². The molecular weight excluding hydrogens is 374 g/mol. The zero-order valence-corrected chi connectivity index (χ0v) is 16.1. The van der Waals surface area contributed by atoms with Crippen LogP contribution in [0.4, 0.5) is 10.3 Å². The van der Waals surface area contributed by atoms with Gasteiger partial charge in [0.1, 0.15) is 0 Å². The van der Waals surface area contributed by atoms with Gasteiger partial charge >= 0.3 is 5.97 Å². The van der Waals surface area contributed by atoms with E-state index in [4.69, 9.17) is 4.74 Å². The molecule has 2 aromatic rings. The second-order valence-corrected chi connectivity index (χ2v) is 7.48. The minimum Gasteiger partial charge on any atom is -0.466 e. The first-order valence-electron chi connectivity index (χ1n) is 8.40. The van der Waals surface area contributed by atoms with Gasteiger partial charge in [-0.2, -0.15) is 0 Å². The number of anilines is 2. The van der Waals surface area contributed by atoms with E-state index in [1.807, 2.05) is 11.6 Å². The molecule has 3 heterocycles. The summed E-state index contributed by atoms with van der Waals surface area (Å²) in [7, 11) is 0. The maximum Gasteiger partial charge on any atom is 0.311 e. The third-order valence-electron chi connectivity index (χ3n) is 3.86. The first kappa shape index (κ1) is 18.7. The third-order valence-corrected chi connectivity index (χ3v) is 5.50. The van der Waals surface area contributed by atoms with Crippen LogP contribution < -0.4 is 10.2 Å². The van der Waals surface area contributed by atoms with Crippen molar-refractivity contribution in [2.45, 2.75) is 13.3 Å². The first-order valence-corrected chi connectivity index (χ1v) is 10.2. The topological polar surface area (TPSA) is 87.7 Å². The molecule has 8 nitrogen and oxygen atoms in total. The minimum atomic E-state index is -0.311. The fraction of sp³-hybridized carbons (Fsp3) is 0.500. The molecule has 10 heteroatoms. The molecule has 1 aliphatic heterocycles. The standard InChI is InChI=1S/C16H21N5O3S2/c1-2-24-14(23)9-12-11-26-15(18-12)19-13(22)10-20-4-6-21(7-5-20)16-17-3-8-25-16/h3,8,11H,2,4-7,9-10H2,1H3,(H,18,19,22). The molecule has 0 aromatic carbocycles. The molecule has 1 N–H and O–H groups in total. The third kappa shape index (κ3) is 5.23. The average Bonchev–Trinajstić information content (AvgIpc) is 3.28. The molecule has 1 amide bonds. The SMILES string of the molecule is CCOC(=O)Cc1csc(NC(=O)CN2CCN(c3nccs3)CC2)n1. The molecule has 3 rings (SSSR count). The van der Waals surface area contributed by atoms with Gasteiger partial charge in [-0.25, -0.2) is 9.97 Å². The largest absolute Gasteiger partial charge is 0.466 e. The Morgan fingerprint density at radius 2 is 2.08 bits per heavy atom. The van der Waals surface area contributed by atoms with Crippen molar-refractivity contribution < 1.29 is 14.3 Å². The van der Waals surface area contributed by atoms with Crippen LogP contribution in [0.25, 0.3) is 0 Å². The Hall–Kier alpha value is -2.04. The van der Waals surface area contributed by atoms with E-state index >= 15 is 0 Å². The van der Waals surface area contributed by atoms with Crippen molar-refractivity contribution in [3.8, 4) is 0 Å². The van der Waals surface area contributed by atoms with Crippen molar-refractivity contribution in [3.05, 3.63) is 22.7 Å². The molecule has 140 valence electrons. The zero-order chi connectivity index (χ0) is 18.4. The average molecular weight is 396 g/mol. The number of thiazole rings is 2. The van der Waals surface area contributed by atoms with Crippen molar-refractivity contribution in [2.24, 2.45) is 0 Å². The highest BCUT2D eigenvalue weighted by molar-refractivity contribution is 7.14. The van der Waals surface area contributed by atoms with Crippen molar-refractivity contribution in [2.75, 3.05) is 49.5 Å². The van der Waals surface area contributed by atoms with Crippen LogP contribution in [-0.2, 0) is 20.7 Å². The number of rotatable bonds is 7. The molecule has 0 radical (unpaired) electrons. The molecule has 0 unspecified atom stereocenters. The van der Waals surface area contributed by atoms with E-state index in [0.29, 0.717) is 24.0 Å². The molecule has 2 aromatic heterocycles. The number of esters is 1. The maximum atomic E-state index is 12.2. The van der Waals surface area contributed by atoms with Gasteiger partial charge in [-0.1, -0.05) is 0 Å². The van der Waals surface area contributed by atoms with Crippen LogP contribution in [0.15, 0.2) is 17.0 Å². The van der Waals surface area contributed by atoms with Crippen molar-refractivity contribution in [1.82, 2.24) is 14.9 Å². The number of ether oxygens (including phenoxy) is 1. The summed E-state index contributed by atoms with van der Waals surface area (Å²) in [5.41, 5.74) is 0.612. The van der Waals surface area contributed by atoms with E-state index < -0.39 is 0 Å². The predicted molar refractivity (Wildman–Crippen MR) is 102 cm³/mol. The molecule has 1 saturated heterocycles. The van der Waals surface area contributed by atoms with E-state index in [2.05, 4.69) is 25.1 Å². The molecular formula is C16H21N5O3S2. The van der Waals surface area contributed by atoms with Gasteiger partial charge in [-0.3, -0.25) is 14.5 Å². The van der Waals surface area contributed by atoms with E-state index in [9.17, 15) is 9.59 Å². The van der Waals surface area contributed by atoms with Gasteiger partial charge in [0.2, 0.25) is 5.91 Å². The number of aromatic nitrogens is 2. The first-order chi connectivity index (χ1) is 12.6. The summed E-state index contributed by atoms with van der Waals surface area (Å²) in [5.74, 6) is -0.404. The van der Waals surface area contributed by atoms with Crippen LogP contribution in [-0.4, -0.2) is 66.1 Å². The number of piperazine rings is 1. The summed E-state index contributed by atoms with van der Waals surface area (Å²) in [6.45, 7) is 5.81. The van der Waals surface area contributed by atoms with E-state index in [0.717, 1.165) is 31.3 Å². The monoisotopic (exact) mass is 395 g/mol. The second-order valence-electron chi connectivity index (χ2n) is 5.75. The number of hydrogen-bond acceptors (Lipinski definition) is 9. The van der Waals surface area contributed by atoms with Gasteiger partial charge in [0, 0.05) is 43.1 Å². The minimum absolute atomic E-state index is 0.0928. The Morgan fingerprint density at radius 3 is 2.77 bits per heavy atom. The Morgan fingerprint density at radius 1 is 1.27 bits per heavy atom. The summed E-state index contributed by atoms with van der Waals surface area (Å²) < 4.78 is 4.90. The van der Waals surface area contributed by atoms with Crippen LogP contribution in [0, 0.1) is 0 Å². The normalized spacial score (nSPS) is 15.0. The fourth-order valence-electron chi connectivity index (χ4n) is 2.64. The van der Waals surface area contributed by atoms with Gasteiger partial charge in [-0.15, -0.1) is 22.7 Å². The molecule has 0 saturated carbocycles. The molecule has 0 spiro atoms. The van der Waals surface area contributed by atoms with E-state index in [-0.39, 0.29) is 18.3 Å². The Labute approximate surface area is 159 Å². The lowest BCUT2D eigenvalue weighted by Gasteiger charge is -2.33. The Balaban J connectivity index is 1.42. The summed E-state index contributed by atoms with van der Waals surface area (Å²) in [6, 6.07) is 0. The predicted octanol–water partition coefficient (Wildman–Crippen LogP) is 1.47. The van der Waals surface area contributed by atoms with Crippen LogP contribution in [0.2, 0.25) is 0 Å². The highest BCUT2D eigenvalue weighted by Gasteiger charge is 2.20. The van der Waals surface area contributed by atoms with Crippen molar-refractivity contribution in [3.63, 3.8) is 0 Å². The Bertz CT molecular complexity index is 726. The number of amides is 1. The van der Waals surface area contributed by atoms with Crippen LogP contribution in [0.1, 0.15) is 12.6 Å². The van der Waals surface area contributed by atoms with E-state index in [1.54, 1.807) is 23.6 Å². The number of nitrogens with zero attached hydrogens (tertiary/aromatic N) is 4. The van der Waals surface area contributed by atoms with Crippen LogP contribution in [0.5, 0.6) is 0 Å². The van der Waals surface area contributed by atoms with Crippen molar-refractivity contribution in [1.29, 1.82) is 0 Å². The maximum absolute atomic E-state index is 12.2. The van der Waals surface area contributed by atoms with Gasteiger partial charge in [-0.05, 0) is 6.92 Å². The molecule has 0 aliphatic carbocycles. The summed E-state index contributed by atoms with van der Waals surface area (Å²) in [6.07, 6.45) is 1.93. The smallest absolute Gasteiger partial charge is 0.311 e. The van der Waals surface area contributed by atoms with Gasteiger partial charge in [0.15, 0.2) is 10.3 Å². The van der Waals surface area contributed by atoms with Crippen LogP contribution >= 0.6 is 22.7 Å². The van der Waals surface area contributed by atoms with E-state index in [1.165, 1.54) is 11.3 Å². The highest BCUT2D eigenvalue weighted by Crippen LogP contribution is 2.19. The quantitative estimate of drug-likeness (QED) is 0.710. The summed E-state index contributed by atoms with van der Waals surface area (Å²) >= 11 is 2.95. The highest BCUT2D eigenvalue weighted by atomic mass is 32.1. The van der Waals surface area contributed by atoms with Crippen molar-refractivity contribution >= 4 is 44.8 Å². The zero-order valence-electron chi connectivity index (χ0n) is 14.5. The molecule has 0 bridgehead atoms. The number of nitrogens with one attached hydrogen (secondary N) is 1. The molecule has 1 aliphatic rings.